The number of methoxy groups -OCH3 is 2. The molecule has 1 N–H and O–H groups in total. The van der Waals surface area contributed by atoms with Crippen LogP contribution >= 0.6 is 0 Å². The molecule has 0 bridgehead atoms. The molecule has 0 radical (unpaired) electrons. The van der Waals surface area contributed by atoms with Gasteiger partial charge in [0.05, 0.1) is 20.9 Å². The molecule has 1 fully saturated rings. The van der Waals surface area contributed by atoms with E-state index in [-0.39, 0.29) is 11.9 Å². The maximum absolute atomic E-state index is 11.7. The van der Waals surface area contributed by atoms with Crippen LogP contribution in [0.15, 0.2) is 12.1 Å². The third kappa shape index (κ3) is 2.02. The highest BCUT2D eigenvalue weighted by Gasteiger charge is 2.37. The Labute approximate surface area is 118 Å². The Balaban J connectivity index is 2.07. The van der Waals surface area contributed by atoms with Gasteiger partial charge < -0.3 is 14.8 Å². The van der Waals surface area contributed by atoms with E-state index in [0.29, 0.717) is 19.1 Å². The lowest BCUT2D eigenvalue weighted by Gasteiger charge is -2.44. The van der Waals surface area contributed by atoms with Gasteiger partial charge in [-0.15, -0.1) is 0 Å². The second-order valence-corrected chi connectivity index (χ2v) is 5.45. The summed E-state index contributed by atoms with van der Waals surface area (Å²) in [6.45, 7) is 2.82. The molecule has 2 atom stereocenters. The predicted molar refractivity (Wildman–Crippen MR) is 74.9 cm³/mol. The second-order valence-electron chi connectivity index (χ2n) is 5.45. The van der Waals surface area contributed by atoms with E-state index in [1.807, 2.05) is 6.07 Å². The van der Waals surface area contributed by atoms with E-state index in [0.717, 1.165) is 17.9 Å². The number of nitrogens with zero attached hydrogens (tertiary/aromatic N) is 1. The first-order valence-corrected chi connectivity index (χ1v) is 6.91. The van der Waals surface area contributed by atoms with Gasteiger partial charge in [-0.2, -0.15) is 0 Å². The normalized spacial score (nSPS) is 25.4. The molecular weight excluding hydrogens is 256 g/mol. The monoisotopic (exact) mass is 276 g/mol. The maximum Gasteiger partial charge on any atom is 0.222 e. The minimum absolute atomic E-state index is 0.112. The quantitative estimate of drug-likeness (QED) is 0.888. The molecule has 2 aliphatic heterocycles. The molecule has 0 aliphatic carbocycles. The molecule has 2 aliphatic rings. The fourth-order valence-corrected chi connectivity index (χ4v) is 3.27. The molecule has 0 aromatic heterocycles. The van der Waals surface area contributed by atoms with Crippen molar-refractivity contribution in [1.82, 2.24) is 10.2 Å². The lowest BCUT2D eigenvalue weighted by molar-refractivity contribution is -0.127. The summed E-state index contributed by atoms with van der Waals surface area (Å²) in [5, 5.41) is 2.92. The number of benzene rings is 1. The zero-order valence-electron chi connectivity index (χ0n) is 12.1. The van der Waals surface area contributed by atoms with Crippen molar-refractivity contribution in [3.63, 3.8) is 0 Å². The topological polar surface area (TPSA) is 50.8 Å². The summed E-state index contributed by atoms with van der Waals surface area (Å²) in [5.41, 5.74) is 2.45. The number of hydrogen-bond donors (Lipinski definition) is 1. The molecule has 20 heavy (non-hydrogen) atoms. The molecule has 108 valence electrons. The number of rotatable bonds is 2. The number of carbonyl (C=O) groups is 1. The Bertz CT molecular complexity index is 544. The van der Waals surface area contributed by atoms with Crippen LogP contribution in [-0.2, 0) is 11.2 Å². The third-order valence-corrected chi connectivity index (χ3v) is 4.32. The van der Waals surface area contributed by atoms with E-state index in [1.54, 1.807) is 14.2 Å². The van der Waals surface area contributed by atoms with E-state index < -0.39 is 0 Å². The van der Waals surface area contributed by atoms with Gasteiger partial charge >= 0.3 is 0 Å². The van der Waals surface area contributed by atoms with Crippen LogP contribution in [0.3, 0.4) is 0 Å². The van der Waals surface area contributed by atoms with E-state index in [4.69, 9.17) is 9.47 Å². The molecule has 5 heteroatoms. The summed E-state index contributed by atoms with van der Waals surface area (Å²) >= 11 is 0. The second kappa shape index (κ2) is 4.98. The van der Waals surface area contributed by atoms with Gasteiger partial charge in [0.1, 0.15) is 0 Å². The molecular formula is C15H20N2O3. The van der Waals surface area contributed by atoms with Gasteiger partial charge in [-0.25, -0.2) is 0 Å². The fourth-order valence-electron chi connectivity index (χ4n) is 3.27. The van der Waals surface area contributed by atoms with Crippen molar-refractivity contribution >= 4 is 5.91 Å². The first kappa shape index (κ1) is 13.2. The van der Waals surface area contributed by atoms with Gasteiger partial charge in [0.25, 0.3) is 0 Å². The molecule has 2 heterocycles. The summed E-state index contributed by atoms with van der Waals surface area (Å²) in [5.74, 6) is 1.60. The zero-order chi connectivity index (χ0) is 14.3. The third-order valence-electron chi connectivity index (χ3n) is 4.32. The van der Waals surface area contributed by atoms with Crippen LogP contribution in [0.2, 0.25) is 0 Å². The van der Waals surface area contributed by atoms with Crippen LogP contribution in [-0.4, -0.2) is 37.7 Å². The first-order chi connectivity index (χ1) is 9.63. The summed E-state index contributed by atoms with van der Waals surface area (Å²) in [4.78, 5) is 14.1. The Kier molecular flexibility index (Phi) is 3.30. The average molecular weight is 276 g/mol. The number of ether oxygens (including phenoxy) is 2. The molecule has 0 unspecified atom stereocenters. The van der Waals surface area contributed by atoms with Crippen LogP contribution in [0.25, 0.3) is 0 Å². The molecule has 1 saturated heterocycles. The standard InChI is InChI=1S/C15H20N2O3/c1-9-4-10-5-13(19-2)14(20-3)6-11(10)12-7-15(18)16-8-17(9)12/h5-6,9,12H,4,7-8H2,1-3H3,(H,16,18)/t9-,12+/m1/s1. The molecule has 0 spiro atoms. The molecule has 1 aromatic carbocycles. The number of carbonyl (C=O) groups excluding carboxylic acids is 1. The van der Waals surface area contributed by atoms with Gasteiger partial charge in [-0.1, -0.05) is 0 Å². The lowest BCUT2D eigenvalue weighted by atomic mass is 9.86. The first-order valence-electron chi connectivity index (χ1n) is 6.91. The Morgan fingerprint density at radius 3 is 2.60 bits per heavy atom. The van der Waals surface area contributed by atoms with E-state index in [1.165, 1.54) is 11.1 Å². The van der Waals surface area contributed by atoms with Gasteiger partial charge in [0.2, 0.25) is 5.91 Å². The smallest absolute Gasteiger partial charge is 0.222 e. The highest BCUT2D eigenvalue weighted by Crippen LogP contribution is 2.41. The molecule has 1 amide bonds. The Morgan fingerprint density at radius 2 is 1.90 bits per heavy atom. The van der Waals surface area contributed by atoms with E-state index >= 15 is 0 Å². The van der Waals surface area contributed by atoms with Gasteiger partial charge in [0, 0.05) is 18.5 Å². The van der Waals surface area contributed by atoms with Crippen molar-refractivity contribution in [2.24, 2.45) is 0 Å². The summed E-state index contributed by atoms with van der Waals surface area (Å²) in [6, 6.07) is 4.62. The maximum atomic E-state index is 11.7. The summed E-state index contributed by atoms with van der Waals surface area (Å²) in [6.07, 6.45) is 1.47. The SMILES string of the molecule is COc1cc2c(cc1OC)[C@@H]1CC(=O)NCN1[C@H](C)C2. The summed E-state index contributed by atoms with van der Waals surface area (Å²) < 4.78 is 10.8. The number of hydrogen-bond acceptors (Lipinski definition) is 4. The van der Waals surface area contributed by atoms with E-state index in [9.17, 15) is 4.79 Å². The van der Waals surface area contributed by atoms with Crippen LogP contribution in [0, 0.1) is 0 Å². The largest absolute Gasteiger partial charge is 0.493 e. The number of fused-ring (bicyclic) bond motifs is 3. The minimum Gasteiger partial charge on any atom is -0.493 e. The fraction of sp³-hybridized carbons (Fsp3) is 0.533. The molecule has 0 saturated carbocycles. The molecule has 5 nitrogen and oxygen atoms in total. The van der Waals surface area contributed by atoms with Gasteiger partial charge in [-0.3, -0.25) is 9.69 Å². The van der Waals surface area contributed by atoms with E-state index in [2.05, 4.69) is 23.2 Å². The van der Waals surface area contributed by atoms with Gasteiger partial charge in [-0.05, 0) is 36.6 Å². The zero-order valence-corrected chi connectivity index (χ0v) is 12.1. The van der Waals surface area contributed by atoms with Crippen LogP contribution in [0.4, 0.5) is 0 Å². The number of amides is 1. The minimum atomic E-state index is 0.112. The van der Waals surface area contributed by atoms with Crippen molar-refractivity contribution in [2.75, 3.05) is 20.9 Å². The average Bonchev–Trinajstić information content (AvgIpc) is 2.46. The van der Waals surface area contributed by atoms with Crippen molar-refractivity contribution in [2.45, 2.75) is 31.8 Å². The molecule has 1 aromatic rings. The van der Waals surface area contributed by atoms with Crippen LogP contribution < -0.4 is 14.8 Å². The molecule has 3 rings (SSSR count). The summed E-state index contributed by atoms with van der Waals surface area (Å²) in [7, 11) is 3.29. The lowest BCUT2D eigenvalue weighted by Crippen LogP contribution is -2.53. The van der Waals surface area contributed by atoms with Crippen molar-refractivity contribution in [3.05, 3.63) is 23.3 Å². The van der Waals surface area contributed by atoms with Crippen LogP contribution in [0.1, 0.15) is 30.5 Å². The highest BCUT2D eigenvalue weighted by molar-refractivity contribution is 5.78. The Hall–Kier alpha value is -1.75. The highest BCUT2D eigenvalue weighted by atomic mass is 16.5. The van der Waals surface area contributed by atoms with Crippen LogP contribution in [0.5, 0.6) is 11.5 Å². The predicted octanol–water partition coefficient (Wildman–Crippen LogP) is 1.47. The van der Waals surface area contributed by atoms with Crippen molar-refractivity contribution in [1.29, 1.82) is 0 Å². The van der Waals surface area contributed by atoms with Crippen molar-refractivity contribution < 1.29 is 14.3 Å². The van der Waals surface area contributed by atoms with Crippen molar-refractivity contribution in [3.8, 4) is 11.5 Å². The Morgan fingerprint density at radius 1 is 1.20 bits per heavy atom. The van der Waals surface area contributed by atoms with Gasteiger partial charge in [0.15, 0.2) is 11.5 Å². The number of nitrogens with one attached hydrogen (secondary N) is 1.